The van der Waals surface area contributed by atoms with Gasteiger partial charge < -0.3 is 5.11 Å². The fraction of sp³-hybridized carbons (Fsp3) is 0.923. The summed E-state index contributed by atoms with van der Waals surface area (Å²) in [6, 6.07) is 0. The molecular weight excluding hydrogens is 188 g/mol. The van der Waals surface area contributed by atoms with Crippen LogP contribution in [0.5, 0.6) is 0 Å². The van der Waals surface area contributed by atoms with E-state index in [4.69, 9.17) is 5.11 Å². The highest BCUT2D eigenvalue weighted by molar-refractivity contribution is 5.66. The minimum atomic E-state index is -0.637. The topological polar surface area (TPSA) is 37.3 Å². The summed E-state index contributed by atoms with van der Waals surface area (Å²) in [7, 11) is 0. The van der Waals surface area contributed by atoms with Crippen molar-refractivity contribution in [3.63, 3.8) is 0 Å². The summed E-state index contributed by atoms with van der Waals surface area (Å²) in [5.74, 6) is -0.226. The van der Waals surface area contributed by atoms with Gasteiger partial charge in [-0.1, -0.05) is 58.8 Å². The zero-order valence-corrected chi connectivity index (χ0v) is 10.3. The van der Waals surface area contributed by atoms with Crippen LogP contribution in [0, 0.1) is 5.92 Å². The maximum atomic E-state index is 10.6. The Morgan fingerprint density at radius 3 is 2.20 bits per heavy atom. The molecule has 0 heterocycles. The minimum absolute atomic E-state index is 0.363. The average Bonchev–Trinajstić information content (AvgIpc) is 2.17. The number of carboxylic acid groups (broad SMARTS) is 1. The van der Waals surface area contributed by atoms with Crippen molar-refractivity contribution in [3.8, 4) is 0 Å². The van der Waals surface area contributed by atoms with Gasteiger partial charge in [-0.3, -0.25) is 4.79 Å². The first-order valence-corrected chi connectivity index (χ1v) is 6.42. The molecular formula is C13H26O2. The molecule has 0 bridgehead atoms. The van der Waals surface area contributed by atoms with Gasteiger partial charge in [0.1, 0.15) is 0 Å². The Kier molecular flexibility index (Phi) is 9.65. The minimum Gasteiger partial charge on any atom is -0.481 e. The third-order valence-corrected chi connectivity index (χ3v) is 2.88. The van der Waals surface area contributed by atoms with Crippen molar-refractivity contribution in [1.29, 1.82) is 0 Å². The van der Waals surface area contributed by atoms with E-state index >= 15 is 0 Å². The lowest BCUT2D eigenvalue weighted by Gasteiger charge is -2.13. The van der Waals surface area contributed by atoms with Gasteiger partial charge in [-0.05, 0) is 12.3 Å². The number of aliphatic carboxylic acids is 1. The van der Waals surface area contributed by atoms with Gasteiger partial charge in [-0.2, -0.15) is 0 Å². The van der Waals surface area contributed by atoms with Crippen LogP contribution in [0.15, 0.2) is 0 Å². The normalized spacial score (nSPS) is 12.7. The van der Waals surface area contributed by atoms with E-state index in [9.17, 15) is 4.79 Å². The second kappa shape index (κ2) is 10.0. The Morgan fingerprint density at radius 1 is 1.00 bits per heavy atom. The van der Waals surface area contributed by atoms with Gasteiger partial charge in [0.2, 0.25) is 0 Å². The highest BCUT2D eigenvalue weighted by Crippen LogP contribution is 2.19. The standard InChI is InChI=1S/C13H26O2/c1-3-5-6-7-8-10-12(9-4-2)11-13(14)15/h12H,3-11H2,1-2H3,(H,14,15). The van der Waals surface area contributed by atoms with Crippen molar-refractivity contribution in [3.05, 3.63) is 0 Å². The quantitative estimate of drug-likeness (QED) is 0.552. The number of rotatable bonds is 10. The molecule has 1 N–H and O–H groups in total. The van der Waals surface area contributed by atoms with E-state index in [2.05, 4.69) is 13.8 Å². The molecule has 0 aliphatic heterocycles. The van der Waals surface area contributed by atoms with Crippen LogP contribution in [0.3, 0.4) is 0 Å². The monoisotopic (exact) mass is 214 g/mol. The Bertz CT molecular complexity index is 155. The Morgan fingerprint density at radius 2 is 1.67 bits per heavy atom. The first-order valence-electron chi connectivity index (χ1n) is 6.42. The molecule has 15 heavy (non-hydrogen) atoms. The van der Waals surface area contributed by atoms with E-state index in [0.29, 0.717) is 12.3 Å². The third kappa shape index (κ3) is 9.77. The predicted octanol–water partition coefficient (Wildman–Crippen LogP) is 4.24. The van der Waals surface area contributed by atoms with E-state index in [0.717, 1.165) is 19.3 Å². The van der Waals surface area contributed by atoms with Gasteiger partial charge >= 0.3 is 5.97 Å². The van der Waals surface area contributed by atoms with E-state index in [1.165, 1.54) is 32.1 Å². The number of unbranched alkanes of at least 4 members (excludes halogenated alkanes) is 4. The van der Waals surface area contributed by atoms with Gasteiger partial charge in [0.15, 0.2) is 0 Å². The molecule has 0 amide bonds. The second-order valence-electron chi connectivity index (χ2n) is 4.46. The summed E-state index contributed by atoms with van der Waals surface area (Å²) >= 11 is 0. The summed E-state index contributed by atoms with van der Waals surface area (Å²) in [5.41, 5.74) is 0. The molecule has 2 nitrogen and oxygen atoms in total. The molecule has 0 aromatic carbocycles. The molecule has 0 rings (SSSR count). The zero-order chi connectivity index (χ0) is 11.5. The van der Waals surface area contributed by atoms with Crippen LogP contribution in [0.4, 0.5) is 0 Å². The smallest absolute Gasteiger partial charge is 0.303 e. The predicted molar refractivity (Wildman–Crippen MR) is 64.0 cm³/mol. The van der Waals surface area contributed by atoms with Crippen LogP contribution >= 0.6 is 0 Å². The van der Waals surface area contributed by atoms with Gasteiger partial charge in [-0.15, -0.1) is 0 Å². The lowest BCUT2D eigenvalue weighted by atomic mass is 9.93. The SMILES string of the molecule is CCCCCCCC(CCC)CC(=O)O. The van der Waals surface area contributed by atoms with Gasteiger partial charge in [-0.25, -0.2) is 0 Å². The average molecular weight is 214 g/mol. The second-order valence-corrected chi connectivity index (χ2v) is 4.46. The molecule has 0 aromatic rings. The molecule has 0 radical (unpaired) electrons. The summed E-state index contributed by atoms with van der Waals surface area (Å²) in [6.07, 6.45) is 10.0. The summed E-state index contributed by atoms with van der Waals surface area (Å²) in [6.45, 7) is 4.34. The highest BCUT2D eigenvalue weighted by atomic mass is 16.4. The maximum absolute atomic E-state index is 10.6. The first kappa shape index (κ1) is 14.5. The third-order valence-electron chi connectivity index (χ3n) is 2.88. The fourth-order valence-corrected chi connectivity index (χ4v) is 2.04. The van der Waals surface area contributed by atoms with Crippen LogP contribution in [-0.4, -0.2) is 11.1 Å². The number of carboxylic acids is 1. The van der Waals surface area contributed by atoms with Gasteiger partial charge in [0, 0.05) is 6.42 Å². The molecule has 0 spiro atoms. The Hall–Kier alpha value is -0.530. The molecule has 1 atom stereocenters. The van der Waals surface area contributed by atoms with E-state index < -0.39 is 5.97 Å². The van der Waals surface area contributed by atoms with Crippen molar-refractivity contribution in [2.45, 2.75) is 71.6 Å². The molecule has 90 valence electrons. The summed E-state index contributed by atoms with van der Waals surface area (Å²) < 4.78 is 0. The van der Waals surface area contributed by atoms with Crippen LogP contribution in [-0.2, 0) is 4.79 Å². The number of hydrogen-bond acceptors (Lipinski definition) is 1. The van der Waals surface area contributed by atoms with Crippen molar-refractivity contribution >= 4 is 5.97 Å². The van der Waals surface area contributed by atoms with Crippen molar-refractivity contribution in [1.82, 2.24) is 0 Å². The molecule has 0 aliphatic rings. The molecule has 0 saturated carbocycles. The molecule has 0 aromatic heterocycles. The lowest BCUT2D eigenvalue weighted by Crippen LogP contribution is -2.07. The number of hydrogen-bond donors (Lipinski definition) is 1. The van der Waals surface area contributed by atoms with E-state index in [1.807, 2.05) is 0 Å². The molecule has 2 heteroatoms. The van der Waals surface area contributed by atoms with Gasteiger partial charge in [0.25, 0.3) is 0 Å². The first-order chi connectivity index (χ1) is 7.20. The number of carbonyl (C=O) groups is 1. The van der Waals surface area contributed by atoms with Crippen LogP contribution in [0.1, 0.15) is 71.6 Å². The molecule has 0 fully saturated rings. The van der Waals surface area contributed by atoms with Crippen LogP contribution < -0.4 is 0 Å². The van der Waals surface area contributed by atoms with Crippen LogP contribution in [0.2, 0.25) is 0 Å². The van der Waals surface area contributed by atoms with Gasteiger partial charge in [0.05, 0.1) is 0 Å². The van der Waals surface area contributed by atoms with Crippen LogP contribution in [0.25, 0.3) is 0 Å². The largest absolute Gasteiger partial charge is 0.481 e. The fourth-order valence-electron chi connectivity index (χ4n) is 2.04. The molecule has 0 aliphatic carbocycles. The molecule has 0 saturated heterocycles. The van der Waals surface area contributed by atoms with Crippen molar-refractivity contribution in [2.24, 2.45) is 5.92 Å². The molecule has 1 unspecified atom stereocenters. The summed E-state index contributed by atoms with van der Waals surface area (Å²) in [5, 5.41) is 8.75. The van der Waals surface area contributed by atoms with Crippen molar-refractivity contribution < 1.29 is 9.90 Å². The summed E-state index contributed by atoms with van der Waals surface area (Å²) in [4.78, 5) is 10.6. The lowest BCUT2D eigenvalue weighted by molar-refractivity contribution is -0.138. The maximum Gasteiger partial charge on any atom is 0.303 e. The van der Waals surface area contributed by atoms with E-state index in [-0.39, 0.29) is 0 Å². The van der Waals surface area contributed by atoms with E-state index in [1.54, 1.807) is 0 Å². The Labute approximate surface area is 94.1 Å². The highest BCUT2D eigenvalue weighted by Gasteiger charge is 2.11. The van der Waals surface area contributed by atoms with Crippen molar-refractivity contribution in [2.75, 3.05) is 0 Å². The zero-order valence-electron chi connectivity index (χ0n) is 10.3. The Balaban J connectivity index is 3.52.